The number of nitrogens with two attached hydrogens (primary N) is 1. The molecule has 0 unspecified atom stereocenters. The molecule has 3 N–H and O–H groups in total. The van der Waals surface area contributed by atoms with Crippen molar-refractivity contribution in [2.24, 2.45) is 5.73 Å². The third-order valence-electron chi connectivity index (χ3n) is 11.4. The SMILES string of the molecule is C.CC(C)(CS(=O)(=O)[O-])N(Cl)Cl.CC(C)(N)CS(=O)(=O)O.CCCCP(CCCC)(CCCC)(CCCC)OS(=O)(=O)CC(C)(C)N(Cl)Cl.CCCCP(Cl)(CCCC)(CCCC)CCCC.[Na+]. The Morgan fingerprint density at radius 3 is 0.912 bits per heavy atom. The summed E-state index contributed by atoms with van der Waals surface area (Å²) < 4.78 is 93.9. The summed E-state index contributed by atoms with van der Waals surface area (Å²) in [4.78, 5) is 0. The smallest absolute Gasteiger partial charge is 1.00 e. The first-order valence-electron chi connectivity index (χ1n) is 24.4. The molecule has 0 aromatic carbocycles. The Hall–Kier alpha value is 2.92. The second-order valence-electron chi connectivity index (χ2n) is 20.6. The average Bonchev–Trinajstić information content (AvgIpc) is 3.16. The summed E-state index contributed by atoms with van der Waals surface area (Å²) in [7, 11) is -12.0. The molecule has 0 saturated carbocycles. The van der Waals surface area contributed by atoms with E-state index in [0.717, 1.165) is 80.0 Å². The van der Waals surface area contributed by atoms with Gasteiger partial charge in [-0.1, -0.05) is 7.43 Å². The van der Waals surface area contributed by atoms with Gasteiger partial charge in [-0.05, 0) is 51.2 Å². The summed E-state index contributed by atoms with van der Waals surface area (Å²) in [6.07, 6.45) is 27.9. The molecular formula is C45H103Cl5N3NaO9P2S3. The zero-order valence-electron chi connectivity index (χ0n) is 44.8. The molecule has 23 heteroatoms. The first-order valence-corrected chi connectivity index (χ1v) is 37.3. The Labute approximate surface area is 468 Å². The Balaban J connectivity index is -0.000000206. The molecule has 0 aromatic heterocycles. The Bertz CT molecular complexity index is 1530. The van der Waals surface area contributed by atoms with Crippen LogP contribution in [-0.4, -0.2) is 125 Å². The van der Waals surface area contributed by atoms with Gasteiger partial charge in [-0.25, -0.2) is 8.42 Å². The van der Waals surface area contributed by atoms with Gasteiger partial charge in [-0.15, -0.1) is 3.94 Å². The molecule has 0 rings (SSSR count). The molecule has 0 amide bonds. The summed E-state index contributed by atoms with van der Waals surface area (Å²) >= 11 is 29.8. The van der Waals surface area contributed by atoms with Gasteiger partial charge >= 0.3 is 336 Å². The Morgan fingerprint density at radius 2 is 0.750 bits per heavy atom. The standard InChI is InChI=1S/C20H44Cl2NO3PS.C16H36ClP.C4H9Cl2NO3S.C4H11NO3S.CH4.Na/c1-7-11-15-27(16-12-8-2,17-13-9-3,18-14-10-4)26-28(24,25)19-20(5,6)23(21)22;1-5-9-13-18(17,14-10-6-2,15-11-7-3)16-12-8-4;1-4(2,7(5)6)3-11(8,9)10;1-4(2,5)3-9(6,7)8;;/h7-19H2,1-6H3;5-16H2,1-4H3;3H2,1-2H3,(H,8,9,10);3,5H2,1-2H3,(H,6,7,8);1H4;/q;;;;;+1/p-1. The summed E-state index contributed by atoms with van der Waals surface area (Å²) in [6, 6.07) is 0. The molecular weight excluding hydrogens is 1080 g/mol. The largest absolute Gasteiger partial charge is 1.00 e. The quantitative estimate of drug-likeness (QED) is 0.0269. The van der Waals surface area contributed by atoms with Crippen LogP contribution in [-0.2, 0) is 34.3 Å². The predicted octanol–water partition coefficient (Wildman–Crippen LogP) is 12.5. The molecule has 0 aliphatic heterocycles. The van der Waals surface area contributed by atoms with E-state index in [-0.39, 0.29) is 42.7 Å². The predicted molar refractivity (Wildman–Crippen MR) is 304 cm³/mol. The van der Waals surface area contributed by atoms with Crippen LogP contribution in [0.15, 0.2) is 0 Å². The second-order valence-corrected chi connectivity index (χ2v) is 40.9. The summed E-state index contributed by atoms with van der Waals surface area (Å²) in [6.45, 7) is 24.4. The molecule has 0 saturated heterocycles. The maximum atomic E-state index is 13.3. The van der Waals surface area contributed by atoms with E-state index in [0.29, 0.717) is 3.94 Å². The van der Waals surface area contributed by atoms with E-state index in [9.17, 15) is 29.8 Å². The maximum absolute atomic E-state index is 13.3. The second kappa shape index (κ2) is 38.5. The molecule has 0 fully saturated rings. The molecule has 0 bridgehead atoms. The van der Waals surface area contributed by atoms with Crippen molar-refractivity contribution >= 4 is 101 Å². The van der Waals surface area contributed by atoms with Crippen molar-refractivity contribution in [3.05, 3.63) is 0 Å². The van der Waals surface area contributed by atoms with Gasteiger partial charge in [0, 0.05) is 5.54 Å². The minimum absolute atomic E-state index is 0. The number of halogens is 5. The van der Waals surface area contributed by atoms with Gasteiger partial charge in [0.1, 0.15) is 0 Å². The van der Waals surface area contributed by atoms with Crippen LogP contribution in [0.1, 0.15) is 207 Å². The number of rotatable bonds is 34. The first-order chi connectivity index (χ1) is 29.8. The third-order valence-corrected chi connectivity index (χ3v) is 32.7. The van der Waals surface area contributed by atoms with Crippen LogP contribution < -0.4 is 35.3 Å². The zero-order valence-corrected chi connectivity index (χ0v) is 54.8. The number of nitrogens with zero attached hydrogens (tertiary/aromatic N) is 2. The molecule has 12 nitrogen and oxygen atoms in total. The fourth-order valence-corrected chi connectivity index (χ4v) is 28.1. The average molecular weight is 1190 g/mol. The maximum Gasteiger partial charge on any atom is 1.00 e. The van der Waals surface area contributed by atoms with Crippen LogP contribution in [0.25, 0.3) is 0 Å². The van der Waals surface area contributed by atoms with E-state index >= 15 is 0 Å². The van der Waals surface area contributed by atoms with Gasteiger partial charge in [0.2, 0.25) is 0 Å². The van der Waals surface area contributed by atoms with Crippen molar-refractivity contribution < 1.29 is 67.9 Å². The minimum Gasteiger partial charge on any atom is 1.00 e. The van der Waals surface area contributed by atoms with Gasteiger partial charge in [-0.2, -0.15) is 8.42 Å². The Morgan fingerprint density at radius 1 is 0.515 bits per heavy atom. The van der Waals surface area contributed by atoms with E-state index in [1.807, 2.05) is 0 Å². The molecule has 0 radical (unpaired) electrons. The fraction of sp³-hybridized carbons (Fsp3) is 1.00. The van der Waals surface area contributed by atoms with E-state index in [1.165, 1.54) is 104 Å². The summed E-state index contributed by atoms with van der Waals surface area (Å²) in [5.74, 6) is -3.12. The molecule has 0 heterocycles. The van der Waals surface area contributed by atoms with E-state index < -0.39 is 71.3 Å². The van der Waals surface area contributed by atoms with Crippen LogP contribution in [0.5, 0.6) is 0 Å². The van der Waals surface area contributed by atoms with Crippen molar-refractivity contribution in [2.75, 3.05) is 66.6 Å². The first kappa shape index (κ1) is 82.3. The number of hydrogen-bond acceptors (Lipinski definition) is 11. The minimum atomic E-state index is -4.29. The van der Waals surface area contributed by atoms with Crippen molar-refractivity contribution in [3.8, 4) is 0 Å². The summed E-state index contributed by atoms with van der Waals surface area (Å²) in [5, 5.41) is 0. The zero-order chi connectivity index (χ0) is 52.8. The van der Waals surface area contributed by atoms with E-state index in [1.54, 1.807) is 13.8 Å². The monoisotopic (exact) mass is 1190 g/mol. The van der Waals surface area contributed by atoms with Crippen molar-refractivity contribution in [2.45, 2.75) is 224 Å². The van der Waals surface area contributed by atoms with Crippen LogP contribution >= 0.6 is 71.1 Å². The van der Waals surface area contributed by atoms with Crippen LogP contribution in [0.3, 0.4) is 0 Å². The van der Waals surface area contributed by atoms with Gasteiger partial charge < -0.3 is 10.3 Å². The van der Waals surface area contributed by atoms with E-state index in [4.69, 9.17) is 72.6 Å². The van der Waals surface area contributed by atoms with Gasteiger partial charge in [0.15, 0.2) is 0 Å². The molecule has 0 aromatic rings. The van der Waals surface area contributed by atoms with E-state index in [2.05, 4.69) is 55.4 Å². The van der Waals surface area contributed by atoms with Gasteiger partial charge in [-0.3, -0.25) is 4.55 Å². The van der Waals surface area contributed by atoms with Crippen LogP contribution in [0, 0.1) is 0 Å². The molecule has 68 heavy (non-hydrogen) atoms. The van der Waals surface area contributed by atoms with Crippen LogP contribution in [0.4, 0.5) is 0 Å². The molecule has 0 aliphatic carbocycles. The van der Waals surface area contributed by atoms with Crippen LogP contribution in [0.2, 0.25) is 0 Å². The number of hydrogen-bond donors (Lipinski definition) is 2. The molecule has 0 aliphatic rings. The Kier molecular flexibility index (Phi) is 46.5. The van der Waals surface area contributed by atoms with Crippen molar-refractivity contribution in [1.29, 1.82) is 0 Å². The van der Waals surface area contributed by atoms with Crippen molar-refractivity contribution in [1.82, 2.24) is 7.88 Å². The normalized spacial score (nSPS) is 14.1. The topological polar surface area (TPSA) is 187 Å². The van der Waals surface area contributed by atoms with Crippen molar-refractivity contribution in [3.63, 3.8) is 0 Å². The molecule has 0 spiro atoms. The molecule has 416 valence electrons. The third kappa shape index (κ3) is 41.1. The van der Waals surface area contributed by atoms with Gasteiger partial charge in [0.05, 0.1) is 27.2 Å². The van der Waals surface area contributed by atoms with Gasteiger partial charge in [0.25, 0.3) is 10.1 Å². The fourth-order valence-electron chi connectivity index (χ4n) is 7.72. The number of unbranched alkanes of at least 4 members (excludes halogenated alkanes) is 8. The molecule has 0 atom stereocenters. The summed E-state index contributed by atoms with van der Waals surface area (Å²) in [5.41, 5.74) is 2.47.